The summed E-state index contributed by atoms with van der Waals surface area (Å²) in [4.78, 5) is 7.92. The molecule has 1 fully saturated rings. The minimum absolute atomic E-state index is 0.893. The largest absolute Gasteiger partial charge is 0.360 e. The molecule has 0 aliphatic carbocycles. The van der Waals surface area contributed by atoms with E-state index in [9.17, 15) is 0 Å². The SMILES string of the molecule is c1c[nH]c(-c2csc(CCC3CCNCC3)n2)c1. The van der Waals surface area contributed by atoms with Crippen molar-refractivity contribution in [2.75, 3.05) is 13.1 Å². The molecule has 3 nitrogen and oxygen atoms in total. The van der Waals surface area contributed by atoms with Gasteiger partial charge in [-0.15, -0.1) is 11.3 Å². The van der Waals surface area contributed by atoms with Crippen molar-refractivity contribution in [2.24, 2.45) is 5.92 Å². The molecule has 3 heterocycles. The van der Waals surface area contributed by atoms with E-state index in [4.69, 9.17) is 4.98 Å². The minimum Gasteiger partial charge on any atom is -0.360 e. The van der Waals surface area contributed by atoms with Crippen LogP contribution >= 0.6 is 11.3 Å². The summed E-state index contributed by atoms with van der Waals surface area (Å²) in [5.41, 5.74) is 2.21. The average molecular weight is 261 g/mol. The molecule has 1 aliphatic rings. The number of aryl methyl sites for hydroxylation is 1. The van der Waals surface area contributed by atoms with Crippen LogP contribution in [0.1, 0.15) is 24.3 Å². The standard InChI is InChI=1S/C14H19N3S/c1-2-12(16-7-1)13-10-18-14(17-13)4-3-11-5-8-15-9-6-11/h1-2,7,10-11,15-16H,3-6,8-9H2. The highest BCUT2D eigenvalue weighted by Gasteiger charge is 2.14. The maximum absolute atomic E-state index is 4.71. The van der Waals surface area contributed by atoms with Crippen LogP contribution in [0.4, 0.5) is 0 Å². The van der Waals surface area contributed by atoms with Crippen molar-refractivity contribution in [2.45, 2.75) is 25.7 Å². The fourth-order valence-corrected chi connectivity index (χ4v) is 3.35. The second-order valence-electron chi connectivity index (χ2n) is 4.94. The fourth-order valence-electron chi connectivity index (χ4n) is 2.54. The van der Waals surface area contributed by atoms with Gasteiger partial charge in [0.2, 0.25) is 0 Å². The van der Waals surface area contributed by atoms with E-state index in [0.29, 0.717) is 0 Å². The highest BCUT2D eigenvalue weighted by Crippen LogP contribution is 2.24. The first kappa shape index (κ1) is 11.9. The van der Waals surface area contributed by atoms with Gasteiger partial charge in [-0.2, -0.15) is 0 Å². The van der Waals surface area contributed by atoms with Gasteiger partial charge in [0.15, 0.2) is 0 Å². The fraction of sp³-hybridized carbons (Fsp3) is 0.500. The van der Waals surface area contributed by atoms with Crippen LogP contribution in [-0.2, 0) is 6.42 Å². The van der Waals surface area contributed by atoms with Gasteiger partial charge in [0.05, 0.1) is 16.4 Å². The normalized spacial score (nSPS) is 17.1. The van der Waals surface area contributed by atoms with E-state index in [1.807, 2.05) is 12.3 Å². The minimum atomic E-state index is 0.893. The Kier molecular flexibility index (Phi) is 3.76. The predicted molar refractivity (Wildman–Crippen MR) is 75.8 cm³/mol. The Morgan fingerprint density at radius 1 is 1.33 bits per heavy atom. The molecular weight excluding hydrogens is 242 g/mol. The summed E-state index contributed by atoms with van der Waals surface area (Å²) in [5, 5.41) is 6.85. The van der Waals surface area contributed by atoms with Crippen molar-refractivity contribution in [1.82, 2.24) is 15.3 Å². The van der Waals surface area contributed by atoms with Gasteiger partial charge in [0.25, 0.3) is 0 Å². The third-order valence-electron chi connectivity index (χ3n) is 3.65. The summed E-state index contributed by atoms with van der Waals surface area (Å²) < 4.78 is 0. The summed E-state index contributed by atoms with van der Waals surface area (Å²) in [7, 11) is 0. The molecule has 18 heavy (non-hydrogen) atoms. The lowest BCUT2D eigenvalue weighted by Crippen LogP contribution is -2.27. The van der Waals surface area contributed by atoms with Crippen molar-refractivity contribution in [1.29, 1.82) is 0 Å². The van der Waals surface area contributed by atoms with Gasteiger partial charge in [0, 0.05) is 11.6 Å². The zero-order chi connectivity index (χ0) is 12.2. The van der Waals surface area contributed by atoms with E-state index >= 15 is 0 Å². The third-order valence-corrected chi connectivity index (χ3v) is 4.56. The lowest BCUT2D eigenvalue weighted by Gasteiger charge is -2.21. The second kappa shape index (κ2) is 5.67. The number of aromatic amines is 1. The molecular formula is C14H19N3S. The van der Waals surface area contributed by atoms with Gasteiger partial charge in [-0.25, -0.2) is 4.98 Å². The van der Waals surface area contributed by atoms with Crippen molar-refractivity contribution in [3.8, 4) is 11.4 Å². The van der Waals surface area contributed by atoms with Gasteiger partial charge >= 0.3 is 0 Å². The molecule has 2 aromatic heterocycles. The van der Waals surface area contributed by atoms with Crippen LogP contribution in [0, 0.1) is 5.92 Å². The Morgan fingerprint density at radius 2 is 2.22 bits per heavy atom. The van der Waals surface area contributed by atoms with Crippen LogP contribution < -0.4 is 5.32 Å². The Balaban J connectivity index is 1.57. The number of aromatic nitrogens is 2. The maximum Gasteiger partial charge on any atom is 0.0976 e. The highest BCUT2D eigenvalue weighted by atomic mass is 32.1. The molecule has 1 aliphatic heterocycles. The average Bonchev–Trinajstić information content (AvgIpc) is 3.08. The van der Waals surface area contributed by atoms with Gasteiger partial charge in [-0.1, -0.05) is 0 Å². The van der Waals surface area contributed by atoms with Crippen molar-refractivity contribution < 1.29 is 0 Å². The van der Waals surface area contributed by atoms with Crippen molar-refractivity contribution >= 4 is 11.3 Å². The Morgan fingerprint density at radius 3 is 3.00 bits per heavy atom. The number of hydrogen-bond acceptors (Lipinski definition) is 3. The number of hydrogen-bond donors (Lipinski definition) is 2. The molecule has 0 bridgehead atoms. The highest BCUT2D eigenvalue weighted by molar-refractivity contribution is 7.09. The molecule has 0 saturated carbocycles. The molecule has 0 aromatic carbocycles. The zero-order valence-corrected chi connectivity index (χ0v) is 11.3. The Hall–Kier alpha value is -1.13. The molecule has 0 spiro atoms. The molecule has 0 radical (unpaired) electrons. The monoisotopic (exact) mass is 261 g/mol. The van der Waals surface area contributed by atoms with E-state index in [1.165, 1.54) is 37.4 Å². The summed E-state index contributed by atoms with van der Waals surface area (Å²) in [5.74, 6) is 0.893. The first-order chi connectivity index (χ1) is 8.92. The first-order valence-corrected chi connectivity index (χ1v) is 7.58. The first-order valence-electron chi connectivity index (χ1n) is 6.71. The van der Waals surface area contributed by atoms with Crippen LogP contribution in [0.2, 0.25) is 0 Å². The van der Waals surface area contributed by atoms with Gasteiger partial charge < -0.3 is 10.3 Å². The van der Waals surface area contributed by atoms with E-state index in [-0.39, 0.29) is 0 Å². The lowest BCUT2D eigenvalue weighted by atomic mass is 9.93. The molecule has 0 amide bonds. The second-order valence-corrected chi connectivity index (χ2v) is 5.88. The predicted octanol–water partition coefficient (Wildman–Crippen LogP) is 3.07. The molecule has 1 saturated heterocycles. The maximum atomic E-state index is 4.71. The lowest BCUT2D eigenvalue weighted by molar-refractivity contribution is 0.354. The number of thiazole rings is 1. The van der Waals surface area contributed by atoms with E-state index < -0.39 is 0 Å². The molecule has 0 atom stereocenters. The topological polar surface area (TPSA) is 40.7 Å². The molecule has 2 aromatic rings. The molecule has 96 valence electrons. The Bertz CT molecular complexity index is 469. The molecule has 0 unspecified atom stereocenters. The van der Waals surface area contributed by atoms with Crippen molar-refractivity contribution in [3.63, 3.8) is 0 Å². The number of H-pyrrole nitrogens is 1. The number of nitrogens with zero attached hydrogens (tertiary/aromatic N) is 1. The van der Waals surface area contributed by atoms with Crippen molar-refractivity contribution in [3.05, 3.63) is 28.7 Å². The summed E-state index contributed by atoms with van der Waals surface area (Å²) in [6.07, 6.45) is 7.03. The zero-order valence-electron chi connectivity index (χ0n) is 10.5. The van der Waals surface area contributed by atoms with E-state index in [1.54, 1.807) is 11.3 Å². The van der Waals surface area contributed by atoms with Gasteiger partial charge in [0.1, 0.15) is 0 Å². The number of nitrogens with one attached hydrogen (secondary N) is 2. The van der Waals surface area contributed by atoms with Crippen LogP contribution in [0.25, 0.3) is 11.4 Å². The number of rotatable bonds is 4. The molecule has 3 rings (SSSR count). The molecule has 4 heteroatoms. The quantitative estimate of drug-likeness (QED) is 0.888. The van der Waals surface area contributed by atoms with Gasteiger partial charge in [-0.3, -0.25) is 0 Å². The van der Waals surface area contributed by atoms with Crippen LogP contribution in [0.5, 0.6) is 0 Å². The van der Waals surface area contributed by atoms with Crippen LogP contribution in [0.15, 0.2) is 23.7 Å². The Labute approximate surface area is 112 Å². The smallest absolute Gasteiger partial charge is 0.0976 e. The van der Waals surface area contributed by atoms with Crippen LogP contribution in [-0.4, -0.2) is 23.1 Å². The van der Waals surface area contributed by atoms with Crippen LogP contribution in [0.3, 0.4) is 0 Å². The summed E-state index contributed by atoms with van der Waals surface area (Å²) in [6.45, 7) is 2.38. The van der Waals surface area contributed by atoms with E-state index in [0.717, 1.165) is 23.7 Å². The summed E-state index contributed by atoms with van der Waals surface area (Å²) >= 11 is 1.79. The molecule has 2 N–H and O–H groups in total. The third kappa shape index (κ3) is 2.82. The summed E-state index contributed by atoms with van der Waals surface area (Å²) in [6, 6.07) is 4.09. The number of piperidine rings is 1. The van der Waals surface area contributed by atoms with E-state index in [2.05, 4.69) is 21.7 Å². The van der Waals surface area contributed by atoms with Gasteiger partial charge in [-0.05, 0) is 56.8 Å².